The number of Topliss-reactive ketones (excluding diaryl/α,β-unsaturated/α-hetero) is 2. The first kappa shape index (κ1) is 27.3. The molecule has 0 fully saturated rings. The third-order valence-electron chi connectivity index (χ3n) is 5.01. The van der Waals surface area contributed by atoms with E-state index in [1.165, 1.54) is 13.8 Å². The van der Waals surface area contributed by atoms with Gasteiger partial charge in [0.15, 0.2) is 11.6 Å². The van der Waals surface area contributed by atoms with Crippen molar-refractivity contribution in [2.45, 2.75) is 47.0 Å². The van der Waals surface area contributed by atoms with Gasteiger partial charge in [0, 0.05) is 26.9 Å². The van der Waals surface area contributed by atoms with Crippen LogP contribution in [0.4, 0.5) is 11.4 Å². The van der Waals surface area contributed by atoms with E-state index in [0.717, 1.165) is 30.6 Å². The zero-order valence-electron chi connectivity index (χ0n) is 20.9. The third-order valence-corrected chi connectivity index (χ3v) is 5.01. The number of para-hydroxylation sites is 2. The van der Waals surface area contributed by atoms with Crippen LogP contribution in [-0.2, 0) is 9.59 Å². The number of anilines is 2. The number of unbranched alkanes of at least 4 members (excludes halogenated alkanes) is 2. The monoisotopic (exact) mass is 474 g/mol. The molecule has 0 aliphatic heterocycles. The molecule has 0 aliphatic rings. The number of aliphatic imine (C=N–C) groups is 2. The van der Waals surface area contributed by atoms with Crippen LogP contribution in [0.5, 0.6) is 0 Å². The standard InChI is InChI=1S/C27H34N6O2/c1-20(26(22(3)34)32-30-24-14-8-5-9-15-24)28-18-12-7-13-19-29-21(2)27(23(4)35)33-31-25-16-10-6-11-17-25/h5-6,8-11,14-17,30-31H,7,12-13,18-19H2,1-4H3/b28-20?,29-21?,32-26+,33-27+. The Labute approximate surface area is 207 Å². The van der Waals surface area contributed by atoms with Crippen molar-refractivity contribution in [2.24, 2.45) is 20.2 Å². The highest BCUT2D eigenvalue weighted by molar-refractivity contribution is 6.67. The van der Waals surface area contributed by atoms with Crippen molar-refractivity contribution in [1.29, 1.82) is 0 Å². The van der Waals surface area contributed by atoms with Crippen molar-refractivity contribution in [3.05, 3.63) is 60.7 Å². The van der Waals surface area contributed by atoms with Crippen molar-refractivity contribution >= 4 is 45.8 Å². The molecular weight excluding hydrogens is 440 g/mol. The number of hydrazone groups is 2. The van der Waals surface area contributed by atoms with Gasteiger partial charge in [0.1, 0.15) is 11.4 Å². The Bertz CT molecular complexity index is 1000. The minimum atomic E-state index is -0.135. The predicted molar refractivity (Wildman–Crippen MR) is 146 cm³/mol. The van der Waals surface area contributed by atoms with Gasteiger partial charge in [-0.1, -0.05) is 36.4 Å². The van der Waals surface area contributed by atoms with E-state index in [1.54, 1.807) is 13.8 Å². The van der Waals surface area contributed by atoms with Crippen molar-refractivity contribution in [3.8, 4) is 0 Å². The molecule has 2 aromatic carbocycles. The molecule has 0 bridgehead atoms. The van der Waals surface area contributed by atoms with Gasteiger partial charge in [0.05, 0.1) is 22.8 Å². The molecule has 0 amide bonds. The van der Waals surface area contributed by atoms with Crippen LogP contribution in [0.25, 0.3) is 0 Å². The van der Waals surface area contributed by atoms with Crippen LogP contribution in [0.15, 0.2) is 80.9 Å². The normalized spacial score (nSPS) is 12.9. The summed E-state index contributed by atoms with van der Waals surface area (Å²) in [5.41, 5.74) is 9.31. The van der Waals surface area contributed by atoms with E-state index in [2.05, 4.69) is 31.0 Å². The molecule has 0 spiro atoms. The van der Waals surface area contributed by atoms with E-state index < -0.39 is 0 Å². The highest BCUT2D eigenvalue weighted by Crippen LogP contribution is 2.06. The lowest BCUT2D eigenvalue weighted by Crippen LogP contribution is -2.21. The van der Waals surface area contributed by atoms with Crippen molar-refractivity contribution in [2.75, 3.05) is 23.9 Å². The van der Waals surface area contributed by atoms with Gasteiger partial charge in [-0.25, -0.2) is 0 Å². The molecule has 0 radical (unpaired) electrons. The summed E-state index contributed by atoms with van der Waals surface area (Å²) in [7, 11) is 0. The molecule has 0 atom stereocenters. The Morgan fingerprint density at radius 2 is 0.971 bits per heavy atom. The summed E-state index contributed by atoms with van der Waals surface area (Å²) in [6.07, 6.45) is 2.66. The third kappa shape index (κ3) is 10.2. The fourth-order valence-corrected chi connectivity index (χ4v) is 3.14. The van der Waals surface area contributed by atoms with Crippen LogP contribution in [0.1, 0.15) is 47.0 Å². The SMILES string of the molecule is CC(=O)/C(=N/Nc1ccccc1)C(C)=NCCCCCN=C(C)/C(=N\Nc1ccccc1)C(C)=O. The predicted octanol–water partition coefficient (Wildman–Crippen LogP) is 5.19. The van der Waals surface area contributed by atoms with Gasteiger partial charge < -0.3 is 0 Å². The summed E-state index contributed by atoms with van der Waals surface area (Å²) in [5.74, 6) is -0.270. The number of hydrogen-bond donors (Lipinski definition) is 2. The van der Waals surface area contributed by atoms with E-state index in [0.29, 0.717) is 35.9 Å². The van der Waals surface area contributed by atoms with Crippen LogP contribution < -0.4 is 10.9 Å². The van der Waals surface area contributed by atoms with Gasteiger partial charge in [-0.2, -0.15) is 10.2 Å². The summed E-state index contributed by atoms with van der Waals surface area (Å²) in [5, 5.41) is 8.46. The zero-order valence-corrected chi connectivity index (χ0v) is 20.9. The molecule has 184 valence electrons. The second-order valence-corrected chi connectivity index (χ2v) is 7.98. The molecule has 0 saturated heterocycles. The van der Waals surface area contributed by atoms with E-state index >= 15 is 0 Å². The van der Waals surface area contributed by atoms with Crippen LogP contribution >= 0.6 is 0 Å². The first-order chi connectivity index (χ1) is 16.9. The lowest BCUT2D eigenvalue weighted by molar-refractivity contribution is -0.111. The fourth-order valence-electron chi connectivity index (χ4n) is 3.14. The van der Waals surface area contributed by atoms with Gasteiger partial charge in [-0.15, -0.1) is 0 Å². The topological polar surface area (TPSA) is 108 Å². The van der Waals surface area contributed by atoms with Crippen molar-refractivity contribution < 1.29 is 9.59 Å². The van der Waals surface area contributed by atoms with Crippen LogP contribution in [0.2, 0.25) is 0 Å². The number of hydrogen-bond acceptors (Lipinski definition) is 8. The number of carbonyl (C=O) groups excluding carboxylic acids is 2. The zero-order chi connectivity index (χ0) is 25.5. The van der Waals surface area contributed by atoms with E-state index in [4.69, 9.17) is 0 Å². The first-order valence-corrected chi connectivity index (χ1v) is 11.7. The summed E-state index contributed by atoms with van der Waals surface area (Å²) in [4.78, 5) is 33.0. The lowest BCUT2D eigenvalue weighted by atomic mass is 10.1. The second-order valence-electron chi connectivity index (χ2n) is 7.98. The number of nitrogens with zero attached hydrogens (tertiary/aromatic N) is 4. The van der Waals surface area contributed by atoms with E-state index in [-0.39, 0.29) is 11.6 Å². The number of nitrogens with one attached hydrogen (secondary N) is 2. The van der Waals surface area contributed by atoms with Gasteiger partial charge in [0.2, 0.25) is 0 Å². The van der Waals surface area contributed by atoms with Crippen molar-refractivity contribution in [3.63, 3.8) is 0 Å². The molecule has 0 aliphatic carbocycles. The minimum Gasteiger partial charge on any atom is -0.293 e. The molecule has 0 unspecified atom stereocenters. The van der Waals surface area contributed by atoms with Gasteiger partial charge in [-0.05, 0) is 57.4 Å². The Morgan fingerprint density at radius 3 is 1.31 bits per heavy atom. The van der Waals surface area contributed by atoms with Gasteiger partial charge in [0.25, 0.3) is 0 Å². The smallest absolute Gasteiger partial charge is 0.181 e. The highest BCUT2D eigenvalue weighted by Gasteiger charge is 2.11. The molecule has 0 saturated carbocycles. The highest BCUT2D eigenvalue weighted by atomic mass is 16.1. The Kier molecular flexibility index (Phi) is 11.7. The number of ketones is 2. The molecule has 2 aromatic rings. The molecule has 35 heavy (non-hydrogen) atoms. The minimum absolute atomic E-state index is 0.135. The molecular formula is C27H34N6O2. The summed E-state index contributed by atoms with van der Waals surface area (Å²) < 4.78 is 0. The quantitative estimate of drug-likeness (QED) is 0.223. The molecule has 2 N–H and O–H groups in total. The van der Waals surface area contributed by atoms with Gasteiger partial charge in [-0.3, -0.25) is 30.4 Å². The number of carbonyl (C=O) groups is 2. The summed E-state index contributed by atoms with van der Waals surface area (Å²) in [6, 6.07) is 18.9. The molecule has 0 aromatic heterocycles. The number of rotatable bonds is 14. The number of benzene rings is 2. The Hall–Kier alpha value is -3.94. The maximum Gasteiger partial charge on any atom is 0.181 e. The summed E-state index contributed by atoms with van der Waals surface area (Å²) >= 11 is 0. The van der Waals surface area contributed by atoms with Crippen LogP contribution in [-0.4, -0.2) is 47.5 Å². The first-order valence-electron chi connectivity index (χ1n) is 11.7. The van der Waals surface area contributed by atoms with E-state index in [1.807, 2.05) is 60.7 Å². The van der Waals surface area contributed by atoms with Gasteiger partial charge >= 0.3 is 0 Å². The van der Waals surface area contributed by atoms with Crippen LogP contribution in [0, 0.1) is 0 Å². The molecule has 8 nitrogen and oxygen atoms in total. The Morgan fingerprint density at radius 1 is 0.600 bits per heavy atom. The molecule has 8 heteroatoms. The van der Waals surface area contributed by atoms with E-state index in [9.17, 15) is 9.59 Å². The molecule has 2 rings (SSSR count). The average molecular weight is 475 g/mol. The average Bonchev–Trinajstić information content (AvgIpc) is 2.84. The maximum absolute atomic E-state index is 12.0. The van der Waals surface area contributed by atoms with Crippen LogP contribution in [0.3, 0.4) is 0 Å². The Balaban J connectivity index is 1.80. The second kappa shape index (κ2) is 15.1. The van der Waals surface area contributed by atoms with Crippen molar-refractivity contribution in [1.82, 2.24) is 0 Å². The maximum atomic E-state index is 12.0. The largest absolute Gasteiger partial charge is 0.293 e. The fraction of sp³-hybridized carbons (Fsp3) is 0.333. The summed E-state index contributed by atoms with van der Waals surface area (Å²) in [6.45, 7) is 7.78. The molecule has 0 heterocycles. The lowest BCUT2D eigenvalue weighted by Gasteiger charge is -2.06.